The van der Waals surface area contributed by atoms with E-state index < -0.39 is 6.16 Å². The van der Waals surface area contributed by atoms with Crippen LogP contribution in [0.15, 0.2) is 12.2 Å². The van der Waals surface area contributed by atoms with Crippen LogP contribution >= 0.6 is 0 Å². The van der Waals surface area contributed by atoms with Gasteiger partial charge in [0.1, 0.15) is 0 Å². The quantitative estimate of drug-likeness (QED) is 0.101. The first kappa shape index (κ1) is 28.0. The maximum atomic E-state index is 11.3. The van der Waals surface area contributed by atoms with Gasteiger partial charge in [0.15, 0.2) is 0 Å². The van der Waals surface area contributed by atoms with Crippen LogP contribution in [0.2, 0.25) is 0 Å². The maximum absolute atomic E-state index is 11.3. The summed E-state index contributed by atoms with van der Waals surface area (Å²) in [6.07, 6.45) is 28.3. The molecule has 0 aliphatic rings. The highest BCUT2D eigenvalue weighted by Crippen LogP contribution is 2.11. The third-order valence-corrected chi connectivity index (χ3v) is 5.34. The van der Waals surface area contributed by atoms with Gasteiger partial charge in [0.25, 0.3) is 0 Å². The lowest BCUT2D eigenvalue weighted by Crippen LogP contribution is -2.09. The highest BCUT2D eigenvalue weighted by Gasteiger charge is 2.02. The van der Waals surface area contributed by atoms with Gasteiger partial charge in [-0.25, -0.2) is 4.79 Å². The summed E-state index contributed by atoms with van der Waals surface area (Å²) >= 11 is 0. The molecule has 0 rings (SSSR count). The number of ether oxygens (including phenoxy) is 2. The molecule has 0 saturated carbocycles. The van der Waals surface area contributed by atoms with Crippen LogP contribution in [0.4, 0.5) is 4.79 Å². The van der Waals surface area contributed by atoms with Gasteiger partial charge in [-0.15, -0.1) is 0 Å². The molecule has 0 radical (unpaired) electrons. The van der Waals surface area contributed by atoms with Crippen molar-refractivity contribution in [2.45, 2.75) is 136 Å². The molecule has 172 valence electrons. The molecule has 0 spiro atoms. The van der Waals surface area contributed by atoms with E-state index in [1.165, 1.54) is 89.9 Å². The largest absolute Gasteiger partial charge is 0.508 e. The van der Waals surface area contributed by atoms with Crippen LogP contribution in [0.3, 0.4) is 0 Å². The molecule has 0 aromatic rings. The molecular formula is C26H50O3. The standard InChI is InChI=1S/C26H50O3/c1-3-5-7-8-9-10-11-12-13-14-15-16-17-18-19-20-21-23-25-29-26(27)28-24-22-6-4-2/h14-15H,3-13,16-25H2,1-2H3/b15-14-. The number of unbranched alkanes of at least 4 members (excludes halogenated alkanes) is 16. The number of carbonyl (C=O) groups is 1. The van der Waals surface area contributed by atoms with Gasteiger partial charge in [-0.2, -0.15) is 0 Å². The average molecular weight is 411 g/mol. The molecule has 29 heavy (non-hydrogen) atoms. The molecule has 0 aromatic carbocycles. The molecule has 0 bridgehead atoms. The summed E-state index contributed by atoms with van der Waals surface area (Å²) in [5.41, 5.74) is 0. The molecule has 0 atom stereocenters. The minimum Gasteiger partial charge on any atom is -0.434 e. The van der Waals surface area contributed by atoms with Gasteiger partial charge in [-0.1, -0.05) is 109 Å². The number of allylic oxidation sites excluding steroid dienone is 2. The summed E-state index contributed by atoms with van der Waals surface area (Å²) < 4.78 is 10.1. The molecule has 0 saturated heterocycles. The lowest BCUT2D eigenvalue weighted by molar-refractivity contribution is 0.0530. The number of hydrogen-bond acceptors (Lipinski definition) is 3. The van der Waals surface area contributed by atoms with Crippen LogP contribution in [-0.2, 0) is 9.47 Å². The van der Waals surface area contributed by atoms with Crippen molar-refractivity contribution in [1.29, 1.82) is 0 Å². The van der Waals surface area contributed by atoms with E-state index in [2.05, 4.69) is 26.0 Å². The van der Waals surface area contributed by atoms with Gasteiger partial charge < -0.3 is 9.47 Å². The highest BCUT2D eigenvalue weighted by atomic mass is 16.7. The number of carbonyl (C=O) groups excluding carboxylic acids is 1. The molecule has 0 aromatic heterocycles. The van der Waals surface area contributed by atoms with E-state index in [9.17, 15) is 4.79 Å². The van der Waals surface area contributed by atoms with Gasteiger partial charge in [0, 0.05) is 0 Å². The van der Waals surface area contributed by atoms with E-state index in [-0.39, 0.29) is 0 Å². The maximum Gasteiger partial charge on any atom is 0.508 e. The van der Waals surface area contributed by atoms with Crippen LogP contribution < -0.4 is 0 Å². The minimum atomic E-state index is -0.500. The first-order valence-corrected chi connectivity index (χ1v) is 12.8. The SMILES string of the molecule is CCCCCCCCCC/C=C\CCCCCCCCOC(=O)OCCCCC. The van der Waals surface area contributed by atoms with E-state index in [0.29, 0.717) is 13.2 Å². The van der Waals surface area contributed by atoms with Crippen molar-refractivity contribution in [2.75, 3.05) is 13.2 Å². The molecule has 0 unspecified atom stereocenters. The van der Waals surface area contributed by atoms with Crippen LogP contribution in [0.5, 0.6) is 0 Å². The van der Waals surface area contributed by atoms with Gasteiger partial charge >= 0.3 is 6.16 Å². The van der Waals surface area contributed by atoms with Crippen LogP contribution in [0, 0.1) is 0 Å². The second-order valence-electron chi connectivity index (χ2n) is 8.30. The van der Waals surface area contributed by atoms with E-state index in [1.54, 1.807) is 0 Å². The lowest BCUT2D eigenvalue weighted by Gasteiger charge is -2.06. The van der Waals surface area contributed by atoms with Crippen molar-refractivity contribution >= 4 is 6.16 Å². The van der Waals surface area contributed by atoms with Crippen molar-refractivity contribution in [2.24, 2.45) is 0 Å². The van der Waals surface area contributed by atoms with Crippen molar-refractivity contribution < 1.29 is 14.3 Å². The zero-order chi connectivity index (χ0) is 21.3. The second-order valence-corrected chi connectivity index (χ2v) is 8.30. The smallest absolute Gasteiger partial charge is 0.434 e. The Labute approximate surface area is 182 Å². The van der Waals surface area contributed by atoms with Crippen molar-refractivity contribution in [3.8, 4) is 0 Å². The normalized spacial score (nSPS) is 11.2. The molecule has 0 N–H and O–H groups in total. The van der Waals surface area contributed by atoms with E-state index in [4.69, 9.17) is 9.47 Å². The second kappa shape index (κ2) is 25.0. The predicted molar refractivity (Wildman–Crippen MR) is 126 cm³/mol. The summed E-state index contributed by atoms with van der Waals surface area (Å²) in [6.45, 7) is 5.39. The Kier molecular flexibility index (Phi) is 24.2. The lowest BCUT2D eigenvalue weighted by atomic mass is 10.1. The monoisotopic (exact) mass is 410 g/mol. The number of rotatable bonds is 22. The Balaban J connectivity index is 3.16. The van der Waals surface area contributed by atoms with Crippen molar-refractivity contribution in [1.82, 2.24) is 0 Å². The van der Waals surface area contributed by atoms with E-state index in [1.807, 2.05) is 0 Å². The van der Waals surface area contributed by atoms with Crippen molar-refractivity contribution in [3.05, 3.63) is 12.2 Å². The van der Waals surface area contributed by atoms with E-state index in [0.717, 1.165) is 32.1 Å². The van der Waals surface area contributed by atoms with Crippen LogP contribution in [0.1, 0.15) is 136 Å². The summed E-state index contributed by atoms with van der Waals surface area (Å²) in [6, 6.07) is 0. The number of hydrogen-bond donors (Lipinski definition) is 0. The van der Waals surface area contributed by atoms with Crippen molar-refractivity contribution in [3.63, 3.8) is 0 Å². The summed E-state index contributed by atoms with van der Waals surface area (Å²) in [5, 5.41) is 0. The molecule has 3 heteroatoms. The van der Waals surface area contributed by atoms with Gasteiger partial charge in [-0.3, -0.25) is 0 Å². The average Bonchev–Trinajstić information content (AvgIpc) is 2.73. The molecule has 0 aliphatic carbocycles. The Morgan fingerprint density at radius 2 is 0.862 bits per heavy atom. The fourth-order valence-corrected chi connectivity index (χ4v) is 3.41. The molecule has 0 amide bonds. The van der Waals surface area contributed by atoms with Gasteiger partial charge in [-0.05, 0) is 38.5 Å². The zero-order valence-corrected chi connectivity index (χ0v) is 19.7. The molecular weight excluding hydrogens is 360 g/mol. The Morgan fingerprint density at radius 3 is 1.34 bits per heavy atom. The summed E-state index contributed by atoms with van der Waals surface area (Å²) in [4.78, 5) is 11.3. The first-order valence-electron chi connectivity index (χ1n) is 12.8. The van der Waals surface area contributed by atoms with Gasteiger partial charge in [0.05, 0.1) is 13.2 Å². The minimum absolute atomic E-state index is 0.486. The fraction of sp³-hybridized carbons (Fsp3) is 0.885. The topological polar surface area (TPSA) is 35.5 Å². The fourth-order valence-electron chi connectivity index (χ4n) is 3.41. The predicted octanol–water partition coefficient (Wildman–Crippen LogP) is 9.15. The molecule has 3 nitrogen and oxygen atoms in total. The Morgan fingerprint density at radius 1 is 0.517 bits per heavy atom. The Bertz CT molecular complexity index is 352. The molecule has 0 heterocycles. The van der Waals surface area contributed by atoms with E-state index >= 15 is 0 Å². The zero-order valence-electron chi connectivity index (χ0n) is 19.7. The van der Waals surface area contributed by atoms with Crippen LogP contribution in [-0.4, -0.2) is 19.4 Å². The summed E-state index contributed by atoms with van der Waals surface area (Å²) in [5.74, 6) is 0. The Hall–Kier alpha value is -0.990. The molecule has 0 aliphatic heterocycles. The van der Waals surface area contributed by atoms with Gasteiger partial charge in [0.2, 0.25) is 0 Å². The van der Waals surface area contributed by atoms with Crippen LogP contribution in [0.25, 0.3) is 0 Å². The third-order valence-electron chi connectivity index (χ3n) is 5.34. The first-order chi connectivity index (χ1) is 14.3. The molecule has 0 fully saturated rings. The third kappa shape index (κ3) is 25.0. The summed E-state index contributed by atoms with van der Waals surface area (Å²) in [7, 11) is 0. The highest BCUT2D eigenvalue weighted by molar-refractivity contribution is 5.59.